The summed E-state index contributed by atoms with van der Waals surface area (Å²) < 4.78 is 12.3. The zero-order valence-electron chi connectivity index (χ0n) is 5.17. The minimum absolute atomic E-state index is 0.126. The van der Waals surface area contributed by atoms with Crippen molar-refractivity contribution in [3.8, 4) is 0 Å². The maximum atomic E-state index is 12.4. The third-order valence-electron chi connectivity index (χ3n) is 1.01. The topological polar surface area (TPSA) is 53.0 Å². The Hall–Kier alpha value is -0.970. The molecule has 58 valence electrons. The van der Waals surface area contributed by atoms with Crippen molar-refractivity contribution in [2.45, 2.75) is 0 Å². The zero-order valence-corrected chi connectivity index (χ0v) is 6.76. The van der Waals surface area contributed by atoms with Gasteiger partial charge in [-0.25, -0.2) is 9.37 Å². The summed E-state index contributed by atoms with van der Waals surface area (Å²) in [5.74, 6) is -2.03. The van der Waals surface area contributed by atoms with Crippen LogP contribution in [0.3, 0.4) is 0 Å². The van der Waals surface area contributed by atoms with Crippen LogP contribution in [0, 0.1) is 5.82 Å². The number of carboxylic acids is 1. The van der Waals surface area contributed by atoms with Gasteiger partial charge in [-0.2, -0.15) is 0 Å². The Bertz CT molecular complexity index is 303. The van der Waals surface area contributed by atoms with Crippen LogP contribution >= 0.6 is 15.9 Å². The van der Waals surface area contributed by atoms with Gasteiger partial charge in [-0.3, -0.25) is 0 Å². The predicted molar refractivity (Wildman–Crippen MR) is 36.2 cm³/mol. The van der Waals surface area contributed by atoms with E-state index in [0.717, 1.165) is 12.1 Å². The van der Waals surface area contributed by atoms with Crippen molar-refractivity contribution in [2.75, 3.05) is 0 Å². The van der Waals surface area contributed by atoms with Gasteiger partial charge in [-0.15, -0.1) is 0 Å². The fourth-order valence-corrected chi connectivity index (χ4v) is 0.854. The minimum atomic E-state index is -1.43. The van der Waals surface area contributed by atoms with E-state index in [2.05, 4.69) is 20.9 Å². The second kappa shape index (κ2) is 2.96. The molecule has 0 aliphatic carbocycles. The van der Waals surface area contributed by atoms with Crippen LogP contribution in [0.25, 0.3) is 0 Å². The number of hydrogen-bond donors (Lipinski definition) is 0. The van der Waals surface area contributed by atoms with Gasteiger partial charge >= 0.3 is 0 Å². The minimum Gasteiger partial charge on any atom is -0.543 e. The van der Waals surface area contributed by atoms with Crippen molar-refractivity contribution < 1.29 is 14.3 Å². The fourth-order valence-electron chi connectivity index (χ4n) is 0.531. The highest BCUT2D eigenvalue weighted by atomic mass is 79.9. The van der Waals surface area contributed by atoms with Gasteiger partial charge in [0.25, 0.3) is 0 Å². The van der Waals surface area contributed by atoms with Crippen LogP contribution in [0.5, 0.6) is 0 Å². The summed E-state index contributed by atoms with van der Waals surface area (Å²) in [7, 11) is 0. The van der Waals surface area contributed by atoms with Crippen molar-refractivity contribution in [2.24, 2.45) is 0 Å². The molecule has 5 heteroatoms. The molecular formula is C6H2BrFNO2-. The molecule has 0 saturated heterocycles. The molecule has 0 atom stereocenters. The van der Waals surface area contributed by atoms with Crippen molar-refractivity contribution in [1.29, 1.82) is 0 Å². The maximum absolute atomic E-state index is 12.4. The lowest BCUT2D eigenvalue weighted by atomic mass is 10.3. The second-order valence-corrected chi connectivity index (χ2v) is 2.51. The Morgan fingerprint density at radius 3 is 2.73 bits per heavy atom. The first-order valence-corrected chi connectivity index (χ1v) is 3.44. The SMILES string of the molecule is O=C([O-])c1ccc(F)c(Br)n1. The van der Waals surface area contributed by atoms with Gasteiger partial charge < -0.3 is 9.90 Å². The lowest BCUT2D eigenvalue weighted by Gasteiger charge is -2.00. The number of carbonyl (C=O) groups is 1. The molecule has 0 amide bonds. The van der Waals surface area contributed by atoms with Crippen molar-refractivity contribution in [3.05, 3.63) is 28.2 Å². The number of aromatic nitrogens is 1. The molecule has 0 fully saturated rings. The molecule has 1 aromatic heterocycles. The number of rotatable bonds is 1. The highest BCUT2D eigenvalue weighted by Gasteiger charge is 2.01. The molecule has 0 unspecified atom stereocenters. The molecule has 11 heavy (non-hydrogen) atoms. The Kier molecular flexibility index (Phi) is 2.19. The molecule has 1 heterocycles. The van der Waals surface area contributed by atoms with Gasteiger partial charge in [-0.05, 0) is 28.1 Å². The third-order valence-corrected chi connectivity index (χ3v) is 1.57. The van der Waals surface area contributed by atoms with Crippen molar-refractivity contribution in [3.63, 3.8) is 0 Å². The van der Waals surface area contributed by atoms with E-state index in [-0.39, 0.29) is 10.3 Å². The van der Waals surface area contributed by atoms with Crippen LogP contribution in [-0.2, 0) is 0 Å². The smallest absolute Gasteiger partial charge is 0.156 e. The molecule has 3 nitrogen and oxygen atoms in total. The monoisotopic (exact) mass is 218 g/mol. The van der Waals surface area contributed by atoms with Crippen LogP contribution in [0.2, 0.25) is 0 Å². The largest absolute Gasteiger partial charge is 0.543 e. The van der Waals surface area contributed by atoms with Crippen LogP contribution in [0.15, 0.2) is 16.7 Å². The molecule has 1 rings (SSSR count). The van der Waals surface area contributed by atoms with Crippen molar-refractivity contribution in [1.82, 2.24) is 4.98 Å². The van der Waals surface area contributed by atoms with Crippen LogP contribution in [-0.4, -0.2) is 11.0 Å². The first-order valence-electron chi connectivity index (χ1n) is 2.64. The van der Waals surface area contributed by atoms with E-state index < -0.39 is 11.8 Å². The van der Waals surface area contributed by atoms with E-state index in [1.165, 1.54) is 0 Å². The number of nitrogens with zero attached hydrogens (tertiary/aromatic N) is 1. The number of carboxylic acid groups (broad SMARTS) is 1. The summed E-state index contributed by atoms with van der Waals surface area (Å²) in [6, 6.07) is 2.04. The van der Waals surface area contributed by atoms with E-state index in [0.29, 0.717) is 0 Å². The predicted octanol–water partition coefficient (Wildman–Crippen LogP) is 0.347. The molecule has 0 saturated carbocycles. The van der Waals surface area contributed by atoms with E-state index in [1.54, 1.807) is 0 Å². The summed E-state index contributed by atoms with van der Waals surface area (Å²) in [6.07, 6.45) is 0. The second-order valence-electron chi connectivity index (χ2n) is 1.76. The van der Waals surface area contributed by atoms with Gasteiger partial charge in [-0.1, -0.05) is 0 Å². The van der Waals surface area contributed by atoms with E-state index in [9.17, 15) is 14.3 Å². The summed E-state index contributed by atoms with van der Waals surface area (Å²) in [5, 5.41) is 10.1. The average Bonchev–Trinajstić information content (AvgIpc) is 1.94. The molecule has 0 bridgehead atoms. The Morgan fingerprint density at radius 1 is 1.64 bits per heavy atom. The lowest BCUT2D eigenvalue weighted by molar-refractivity contribution is -0.255. The molecule has 0 aliphatic rings. The molecule has 0 aromatic carbocycles. The quantitative estimate of drug-likeness (QED) is 0.640. The summed E-state index contributed by atoms with van der Waals surface area (Å²) in [4.78, 5) is 13.5. The zero-order chi connectivity index (χ0) is 8.43. The van der Waals surface area contributed by atoms with Gasteiger partial charge in [0, 0.05) is 0 Å². The first kappa shape index (κ1) is 8.13. The standard InChI is InChI=1S/C6H3BrFNO2/c7-5-3(8)1-2-4(9-5)6(10)11/h1-2H,(H,10,11)/p-1. The fraction of sp³-hybridized carbons (Fsp3) is 0. The first-order chi connectivity index (χ1) is 5.11. The average molecular weight is 219 g/mol. The van der Waals surface area contributed by atoms with E-state index in [4.69, 9.17) is 0 Å². The van der Waals surface area contributed by atoms with E-state index in [1.807, 2.05) is 0 Å². The Labute approximate surface area is 70.0 Å². The number of aromatic carboxylic acids is 1. The Morgan fingerprint density at radius 2 is 2.27 bits per heavy atom. The molecular weight excluding hydrogens is 217 g/mol. The van der Waals surface area contributed by atoms with Crippen molar-refractivity contribution >= 4 is 21.9 Å². The Balaban J connectivity index is 3.15. The van der Waals surface area contributed by atoms with Crippen LogP contribution < -0.4 is 5.11 Å². The van der Waals surface area contributed by atoms with Gasteiger partial charge in [0.1, 0.15) is 4.60 Å². The molecule has 1 aromatic rings. The van der Waals surface area contributed by atoms with Gasteiger partial charge in [0.15, 0.2) is 5.82 Å². The van der Waals surface area contributed by atoms with Crippen LogP contribution in [0.4, 0.5) is 4.39 Å². The van der Waals surface area contributed by atoms with E-state index >= 15 is 0 Å². The number of halogens is 2. The normalized spacial score (nSPS) is 9.64. The highest BCUT2D eigenvalue weighted by Crippen LogP contribution is 2.11. The maximum Gasteiger partial charge on any atom is 0.156 e. The third kappa shape index (κ3) is 1.74. The highest BCUT2D eigenvalue weighted by molar-refractivity contribution is 9.10. The number of carbonyl (C=O) groups excluding carboxylic acids is 1. The summed E-state index contributed by atoms with van der Waals surface area (Å²) in [5.41, 5.74) is -0.293. The summed E-state index contributed by atoms with van der Waals surface area (Å²) >= 11 is 2.74. The molecule has 0 radical (unpaired) electrons. The molecule has 0 N–H and O–H groups in total. The van der Waals surface area contributed by atoms with Crippen LogP contribution in [0.1, 0.15) is 10.5 Å². The number of pyridine rings is 1. The van der Waals surface area contributed by atoms with Gasteiger partial charge in [0.2, 0.25) is 0 Å². The van der Waals surface area contributed by atoms with Gasteiger partial charge in [0.05, 0.1) is 11.7 Å². The summed E-state index contributed by atoms with van der Waals surface area (Å²) in [6.45, 7) is 0. The molecule has 0 spiro atoms. The molecule has 0 aliphatic heterocycles. The lowest BCUT2D eigenvalue weighted by Crippen LogP contribution is -2.23. The number of hydrogen-bond acceptors (Lipinski definition) is 3.